The second kappa shape index (κ2) is 6.21. The summed E-state index contributed by atoms with van der Waals surface area (Å²) in [5, 5.41) is 0. The third-order valence-electron chi connectivity index (χ3n) is 4.87. The Kier molecular flexibility index (Phi) is 4.30. The molecule has 2 atom stereocenters. The molecule has 0 aromatic heterocycles. The standard InChI is InChI=1S/C18H25N3O/c1-3-7-21(8-4-2)13-9-12-11-20-16-6-5-14(18(19)22)15(10-13)17(12)16/h5-6,11-13H,3-4,7-10H2,1-2H3,(H2,19,22)/t12?,13-/m0/s1. The molecule has 0 fully saturated rings. The summed E-state index contributed by atoms with van der Waals surface area (Å²) in [4.78, 5) is 18.9. The largest absolute Gasteiger partial charge is 0.366 e. The third-order valence-corrected chi connectivity index (χ3v) is 4.87. The van der Waals surface area contributed by atoms with Gasteiger partial charge >= 0.3 is 0 Å². The quantitative estimate of drug-likeness (QED) is 0.877. The second-order valence-corrected chi connectivity index (χ2v) is 6.40. The molecule has 0 radical (unpaired) electrons. The summed E-state index contributed by atoms with van der Waals surface area (Å²) < 4.78 is 0. The van der Waals surface area contributed by atoms with Crippen molar-refractivity contribution in [3.63, 3.8) is 0 Å². The number of hydrogen-bond acceptors (Lipinski definition) is 3. The van der Waals surface area contributed by atoms with E-state index in [1.165, 1.54) is 5.56 Å². The van der Waals surface area contributed by atoms with Crippen LogP contribution in [0.3, 0.4) is 0 Å². The van der Waals surface area contributed by atoms with Crippen LogP contribution in [0.5, 0.6) is 0 Å². The molecule has 0 saturated carbocycles. The first kappa shape index (κ1) is 15.2. The number of amides is 1. The molecular formula is C18H25N3O. The van der Waals surface area contributed by atoms with Crippen LogP contribution in [0.4, 0.5) is 5.69 Å². The molecule has 0 bridgehead atoms. The predicted molar refractivity (Wildman–Crippen MR) is 90.1 cm³/mol. The molecule has 1 aliphatic heterocycles. The maximum Gasteiger partial charge on any atom is 0.248 e. The van der Waals surface area contributed by atoms with Crippen LogP contribution >= 0.6 is 0 Å². The van der Waals surface area contributed by atoms with Crippen molar-refractivity contribution < 1.29 is 4.79 Å². The van der Waals surface area contributed by atoms with E-state index in [-0.39, 0.29) is 5.91 Å². The van der Waals surface area contributed by atoms with Crippen LogP contribution in [0.1, 0.15) is 60.5 Å². The van der Waals surface area contributed by atoms with Gasteiger partial charge in [-0.15, -0.1) is 0 Å². The van der Waals surface area contributed by atoms with Crippen molar-refractivity contribution in [2.75, 3.05) is 13.1 Å². The Bertz CT molecular complexity index is 603. The van der Waals surface area contributed by atoms with Crippen molar-refractivity contribution in [1.82, 2.24) is 4.90 Å². The monoisotopic (exact) mass is 299 g/mol. The summed E-state index contributed by atoms with van der Waals surface area (Å²) in [5.74, 6) is 0.0286. The molecule has 2 N–H and O–H groups in total. The van der Waals surface area contributed by atoms with Crippen molar-refractivity contribution in [2.24, 2.45) is 10.7 Å². The lowest BCUT2D eigenvalue weighted by molar-refractivity contribution is 0.0998. The molecule has 1 heterocycles. The van der Waals surface area contributed by atoms with Gasteiger partial charge in [-0.2, -0.15) is 0 Å². The lowest BCUT2D eigenvalue weighted by atomic mass is 9.78. The number of nitrogens with two attached hydrogens (primary N) is 1. The number of benzene rings is 1. The van der Waals surface area contributed by atoms with Crippen molar-refractivity contribution >= 4 is 17.8 Å². The van der Waals surface area contributed by atoms with Gasteiger partial charge in [-0.25, -0.2) is 0 Å². The fourth-order valence-electron chi connectivity index (χ4n) is 3.99. The number of nitrogens with zero attached hydrogens (tertiary/aromatic N) is 2. The van der Waals surface area contributed by atoms with E-state index >= 15 is 0 Å². The van der Waals surface area contributed by atoms with Crippen LogP contribution in [-0.2, 0) is 6.42 Å². The Labute approximate surface area is 132 Å². The Morgan fingerprint density at radius 2 is 2.05 bits per heavy atom. The minimum atomic E-state index is -0.318. The zero-order chi connectivity index (χ0) is 15.7. The summed E-state index contributed by atoms with van der Waals surface area (Å²) in [6, 6.07) is 4.27. The smallest absolute Gasteiger partial charge is 0.248 e. The normalized spacial score (nSPS) is 22.1. The van der Waals surface area contributed by atoms with E-state index < -0.39 is 0 Å². The fraction of sp³-hybridized carbons (Fsp3) is 0.556. The highest BCUT2D eigenvalue weighted by Gasteiger charge is 2.35. The number of aliphatic imine (C=N–C) groups is 1. The molecule has 4 heteroatoms. The van der Waals surface area contributed by atoms with Crippen LogP contribution < -0.4 is 5.73 Å². The molecule has 1 amide bonds. The second-order valence-electron chi connectivity index (χ2n) is 6.40. The van der Waals surface area contributed by atoms with Gasteiger partial charge in [0, 0.05) is 23.7 Å². The number of carbonyl (C=O) groups is 1. The molecule has 2 aliphatic rings. The molecule has 4 nitrogen and oxygen atoms in total. The average Bonchev–Trinajstić information content (AvgIpc) is 2.91. The van der Waals surface area contributed by atoms with Gasteiger partial charge in [0.1, 0.15) is 0 Å². The zero-order valence-corrected chi connectivity index (χ0v) is 13.5. The summed E-state index contributed by atoms with van der Waals surface area (Å²) in [6.45, 7) is 6.68. The van der Waals surface area contributed by atoms with Gasteiger partial charge in [0.15, 0.2) is 0 Å². The van der Waals surface area contributed by atoms with Crippen molar-refractivity contribution in [1.29, 1.82) is 0 Å². The summed E-state index contributed by atoms with van der Waals surface area (Å²) >= 11 is 0. The van der Waals surface area contributed by atoms with Crippen LogP contribution in [0.25, 0.3) is 0 Å². The summed E-state index contributed by atoms with van der Waals surface area (Å²) in [6.07, 6.45) is 6.39. The van der Waals surface area contributed by atoms with Crippen LogP contribution in [0.15, 0.2) is 17.1 Å². The van der Waals surface area contributed by atoms with Gasteiger partial charge in [0.25, 0.3) is 0 Å². The SMILES string of the molecule is CCCN(CCC)[C@@H]1Cc2c(C(N)=O)ccc3c2C(C=N3)C1. The fourth-order valence-corrected chi connectivity index (χ4v) is 3.99. The molecular weight excluding hydrogens is 274 g/mol. The number of primary amides is 1. The first-order valence-electron chi connectivity index (χ1n) is 8.39. The Morgan fingerprint density at radius 3 is 2.68 bits per heavy atom. The van der Waals surface area contributed by atoms with E-state index in [1.807, 2.05) is 12.1 Å². The first-order chi connectivity index (χ1) is 10.7. The van der Waals surface area contributed by atoms with E-state index in [0.29, 0.717) is 17.5 Å². The van der Waals surface area contributed by atoms with Gasteiger partial charge in [-0.05, 0) is 62.0 Å². The Morgan fingerprint density at radius 1 is 1.32 bits per heavy atom. The van der Waals surface area contributed by atoms with Crippen molar-refractivity contribution in [2.45, 2.75) is 51.5 Å². The maximum absolute atomic E-state index is 11.8. The molecule has 1 aromatic rings. The summed E-state index contributed by atoms with van der Waals surface area (Å²) in [7, 11) is 0. The van der Waals surface area contributed by atoms with E-state index in [9.17, 15) is 4.79 Å². The van der Waals surface area contributed by atoms with Crippen molar-refractivity contribution in [3.8, 4) is 0 Å². The molecule has 3 rings (SSSR count). The van der Waals surface area contributed by atoms with Crippen molar-refractivity contribution in [3.05, 3.63) is 28.8 Å². The molecule has 118 valence electrons. The maximum atomic E-state index is 11.8. The average molecular weight is 299 g/mol. The molecule has 0 saturated heterocycles. The highest BCUT2D eigenvalue weighted by Crippen LogP contribution is 2.43. The molecule has 22 heavy (non-hydrogen) atoms. The predicted octanol–water partition coefficient (Wildman–Crippen LogP) is 3.02. The highest BCUT2D eigenvalue weighted by molar-refractivity contribution is 5.97. The first-order valence-corrected chi connectivity index (χ1v) is 8.39. The van der Waals surface area contributed by atoms with Gasteiger partial charge in [0.05, 0.1) is 5.69 Å². The Balaban J connectivity index is 1.96. The van der Waals surface area contributed by atoms with E-state index in [0.717, 1.165) is 50.0 Å². The minimum Gasteiger partial charge on any atom is -0.366 e. The zero-order valence-electron chi connectivity index (χ0n) is 13.5. The number of hydrogen-bond donors (Lipinski definition) is 1. The number of carbonyl (C=O) groups excluding carboxylic acids is 1. The molecule has 0 spiro atoms. The van der Waals surface area contributed by atoms with Crippen LogP contribution in [0, 0.1) is 0 Å². The summed E-state index contributed by atoms with van der Waals surface area (Å²) in [5.41, 5.74) is 9.71. The lowest BCUT2D eigenvalue weighted by Crippen LogP contribution is -2.42. The Hall–Kier alpha value is -1.68. The van der Waals surface area contributed by atoms with Crippen LogP contribution in [-0.4, -0.2) is 36.2 Å². The van der Waals surface area contributed by atoms with Gasteiger partial charge < -0.3 is 10.6 Å². The third kappa shape index (κ3) is 2.56. The molecule has 1 aliphatic carbocycles. The van der Waals surface area contributed by atoms with Gasteiger partial charge in [0.2, 0.25) is 5.91 Å². The van der Waals surface area contributed by atoms with Gasteiger partial charge in [-0.1, -0.05) is 13.8 Å². The van der Waals surface area contributed by atoms with E-state index in [2.05, 4.69) is 30.0 Å². The number of rotatable bonds is 6. The van der Waals surface area contributed by atoms with E-state index in [4.69, 9.17) is 5.73 Å². The minimum absolute atomic E-state index is 0.318. The topological polar surface area (TPSA) is 58.7 Å². The van der Waals surface area contributed by atoms with E-state index in [1.54, 1.807) is 0 Å². The van der Waals surface area contributed by atoms with Crippen LogP contribution in [0.2, 0.25) is 0 Å². The lowest BCUT2D eigenvalue weighted by Gasteiger charge is -2.37. The molecule has 1 unspecified atom stereocenters. The van der Waals surface area contributed by atoms with Gasteiger partial charge in [-0.3, -0.25) is 9.79 Å². The molecule has 1 aromatic carbocycles. The highest BCUT2D eigenvalue weighted by atomic mass is 16.1.